The summed E-state index contributed by atoms with van der Waals surface area (Å²) in [6.07, 6.45) is 1.68. The first-order valence-electron chi connectivity index (χ1n) is 7.75. The monoisotopic (exact) mass is 355 g/mol. The van der Waals surface area contributed by atoms with Gasteiger partial charge in [-0.3, -0.25) is 4.68 Å². The zero-order valence-electron chi connectivity index (χ0n) is 13.9. The number of halogens is 2. The maximum Gasteiger partial charge on any atom is 0.142 e. The maximum atomic E-state index is 13.5. The Hall–Kier alpha value is -3.31. The van der Waals surface area contributed by atoms with E-state index in [1.165, 1.54) is 0 Å². The van der Waals surface area contributed by atoms with Gasteiger partial charge < -0.3 is 10.8 Å². The van der Waals surface area contributed by atoms with E-state index in [1.807, 2.05) is 6.07 Å². The highest BCUT2D eigenvalue weighted by Gasteiger charge is 2.17. The Kier molecular flexibility index (Phi) is 4.65. The third-order valence-corrected chi connectivity index (χ3v) is 3.88. The third kappa shape index (κ3) is 3.25. The number of aliphatic hydroxyl groups is 1. The van der Waals surface area contributed by atoms with E-state index in [0.29, 0.717) is 23.4 Å². The fourth-order valence-electron chi connectivity index (χ4n) is 2.74. The number of hydrogen-bond donors (Lipinski definition) is 2. The van der Waals surface area contributed by atoms with Crippen molar-refractivity contribution in [2.75, 3.05) is 12.3 Å². The molecule has 1 aromatic carbocycles. The molecular weight excluding hydrogens is 340 g/mol. The summed E-state index contributed by atoms with van der Waals surface area (Å²) in [5, 5.41) is 22.8. The fourth-order valence-corrected chi connectivity index (χ4v) is 2.74. The van der Waals surface area contributed by atoms with Crippen LogP contribution in [0.4, 0.5) is 14.6 Å². The highest BCUT2D eigenvalue weighted by atomic mass is 19.1. The van der Waals surface area contributed by atoms with Gasteiger partial charge in [-0.25, -0.2) is 13.8 Å². The lowest BCUT2D eigenvalue weighted by Crippen LogP contribution is -2.02. The van der Waals surface area contributed by atoms with Gasteiger partial charge >= 0.3 is 0 Å². The Bertz CT molecular complexity index is 1000. The zero-order chi connectivity index (χ0) is 18.8. The molecule has 132 valence electrons. The van der Waals surface area contributed by atoms with E-state index in [0.717, 1.165) is 18.2 Å². The molecule has 0 radical (unpaired) electrons. The lowest BCUT2D eigenvalue weighted by atomic mass is 9.99. The van der Waals surface area contributed by atoms with E-state index >= 15 is 0 Å². The number of anilines is 1. The van der Waals surface area contributed by atoms with Crippen molar-refractivity contribution < 1.29 is 13.9 Å². The predicted molar refractivity (Wildman–Crippen MR) is 91.8 cm³/mol. The van der Waals surface area contributed by atoms with Crippen molar-refractivity contribution in [2.24, 2.45) is 0 Å². The van der Waals surface area contributed by atoms with E-state index in [9.17, 15) is 14.0 Å². The minimum Gasteiger partial charge on any atom is -0.394 e. The number of pyridine rings is 1. The van der Waals surface area contributed by atoms with Gasteiger partial charge in [-0.2, -0.15) is 10.4 Å². The number of aryl methyl sites for hydroxylation is 1. The molecule has 0 unspecified atom stereocenters. The van der Waals surface area contributed by atoms with Crippen LogP contribution in [0.25, 0.3) is 22.4 Å². The molecule has 6 nitrogen and oxygen atoms in total. The molecule has 0 saturated heterocycles. The molecule has 0 spiro atoms. The lowest BCUT2D eigenvalue weighted by molar-refractivity contribution is 0.269. The number of rotatable bonds is 4. The van der Waals surface area contributed by atoms with Crippen molar-refractivity contribution in [3.63, 3.8) is 0 Å². The Morgan fingerprint density at radius 2 is 1.88 bits per heavy atom. The van der Waals surface area contributed by atoms with Gasteiger partial charge in [-0.1, -0.05) is 0 Å². The first-order chi connectivity index (χ1) is 12.4. The van der Waals surface area contributed by atoms with E-state index in [4.69, 9.17) is 10.8 Å². The van der Waals surface area contributed by atoms with Gasteiger partial charge in [0.25, 0.3) is 0 Å². The molecule has 3 rings (SSSR count). The lowest BCUT2D eigenvalue weighted by Gasteiger charge is -2.10. The summed E-state index contributed by atoms with van der Waals surface area (Å²) in [5.41, 5.74) is 8.22. The fraction of sp³-hybridized carbons (Fsp3) is 0.167. The number of benzene rings is 1. The molecule has 0 saturated carbocycles. The molecule has 0 aliphatic heterocycles. The van der Waals surface area contributed by atoms with Crippen LogP contribution < -0.4 is 5.73 Å². The van der Waals surface area contributed by atoms with Crippen LogP contribution >= 0.6 is 0 Å². The summed E-state index contributed by atoms with van der Waals surface area (Å²) in [5.74, 6) is -1.52. The molecule has 0 aliphatic carbocycles. The zero-order valence-corrected chi connectivity index (χ0v) is 13.9. The van der Waals surface area contributed by atoms with E-state index in [2.05, 4.69) is 10.1 Å². The molecule has 8 heteroatoms. The number of nitrogens with zero attached hydrogens (tertiary/aromatic N) is 4. The third-order valence-electron chi connectivity index (χ3n) is 3.88. The summed E-state index contributed by atoms with van der Waals surface area (Å²) in [4.78, 5) is 4.11. The van der Waals surface area contributed by atoms with Crippen molar-refractivity contribution in [1.82, 2.24) is 14.8 Å². The van der Waals surface area contributed by atoms with Crippen LogP contribution in [0.3, 0.4) is 0 Å². The summed E-state index contributed by atoms with van der Waals surface area (Å²) >= 11 is 0. The molecule has 2 aromatic heterocycles. The van der Waals surface area contributed by atoms with E-state index in [1.54, 1.807) is 23.9 Å². The van der Waals surface area contributed by atoms with Gasteiger partial charge in [0.2, 0.25) is 0 Å². The van der Waals surface area contributed by atoms with Gasteiger partial charge in [0.1, 0.15) is 29.1 Å². The van der Waals surface area contributed by atoms with Gasteiger partial charge in [0, 0.05) is 29.0 Å². The summed E-state index contributed by atoms with van der Waals surface area (Å²) in [6, 6.07) is 6.61. The van der Waals surface area contributed by atoms with E-state index in [-0.39, 0.29) is 29.2 Å². The van der Waals surface area contributed by atoms with Crippen LogP contribution in [0.5, 0.6) is 0 Å². The highest BCUT2D eigenvalue weighted by Crippen LogP contribution is 2.33. The molecule has 0 bridgehead atoms. The van der Waals surface area contributed by atoms with Crippen LogP contribution in [0.15, 0.2) is 30.5 Å². The summed E-state index contributed by atoms with van der Waals surface area (Å²) in [6.45, 7) is 1.96. The van der Waals surface area contributed by atoms with Crippen LogP contribution in [0.1, 0.15) is 11.3 Å². The second-order valence-corrected chi connectivity index (χ2v) is 5.70. The van der Waals surface area contributed by atoms with Gasteiger partial charge in [0.05, 0.1) is 24.5 Å². The quantitative estimate of drug-likeness (QED) is 0.749. The van der Waals surface area contributed by atoms with Gasteiger partial charge in [-0.05, 0) is 25.1 Å². The topological polar surface area (TPSA) is 101 Å². The molecule has 2 heterocycles. The van der Waals surface area contributed by atoms with Crippen LogP contribution in [0.2, 0.25) is 0 Å². The van der Waals surface area contributed by atoms with Crippen LogP contribution in [-0.4, -0.2) is 26.5 Å². The molecule has 0 fully saturated rings. The summed E-state index contributed by atoms with van der Waals surface area (Å²) < 4.78 is 28.6. The normalized spacial score (nSPS) is 10.7. The maximum absolute atomic E-state index is 13.5. The average molecular weight is 355 g/mol. The Balaban J connectivity index is 2.22. The minimum atomic E-state index is -0.738. The first kappa shape index (κ1) is 17.5. The number of aliphatic hydroxyl groups excluding tert-OH is 1. The van der Waals surface area contributed by atoms with Gasteiger partial charge in [0.15, 0.2) is 0 Å². The van der Waals surface area contributed by atoms with Crippen LogP contribution in [-0.2, 0) is 6.54 Å². The number of nitriles is 1. The molecule has 0 atom stereocenters. The van der Waals surface area contributed by atoms with Gasteiger partial charge in [-0.15, -0.1) is 0 Å². The minimum absolute atomic E-state index is 0.0426. The highest BCUT2D eigenvalue weighted by molar-refractivity contribution is 5.80. The second-order valence-electron chi connectivity index (χ2n) is 5.70. The number of hydrogen-bond acceptors (Lipinski definition) is 5. The second kappa shape index (κ2) is 6.90. The first-order valence-corrected chi connectivity index (χ1v) is 7.75. The Labute approximate surface area is 148 Å². The molecule has 3 N–H and O–H groups in total. The van der Waals surface area contributed by atoms with Crippen molar-refractivity contribution in [2.45, 2.75) is 13.5 Å². The van der Waals surface area contributed by atoms with Crippen molar-refractivity contribution >= 4 is 5.82 Å². The largest absolute Gasteiger partial charge is 0.394 e. The van der Waals surface area contributed by atoms with Crippen LogP contribution in [0, 0.1) is 29.9 Å². The standard InChI is InChI=1S/C18H15F2N5O/c1-10-16(9-25(24-10)2-3-26)14-7-17(23-18(22)15(14)8-21)11-4-12(19)6-13(20)5-11/h4-7,9,26H,2-3H2,1H3,(H2,22,23). The summed E-state index contributed by atoms with van der Waals surface area (Å²) in [7, 11) is 0. The molecule has 26 heavy (non-hydrogen) atoms. The Morgan fingerprint density at radius 1 is 1.19 bits per heavy atom. The molecule has 0 amide bonds. The number of nitrogens with two attached hydrogens (primary N) is 1. The van der Waals surface area contributed by atoms with Crippen molar-refractivity contribution in [3.05, 3.63) is 53.4 Å². The molecule has 0 aliphatic rings. The Morgan fingerprint density at radius 3 is 2.50 bits per heavy atom. The SMILES string of the molecule is Cc1nn(CCO)cc1-c1cc(-c2cc(F)cc(F)c2)nc(N)c1C#N. The molecule has 3 aromatic rings. The smallest absolute Gasteiger partial charge is 0.142 e. The predicted octanol–water partition coefficient (Wildman–Crippen LogP) is 2.64. The van der Waals surface area contributed by atoms with Crippen molar-refractivity contribution in [1.29, 1.82) is 5.26 Å². The molecular formula is C18H15F2N5O. The number of aromatic nitrogens is 3. The average Bonchev–Trinajstić information content (AvgIpc) is 2.94. The number of nitrogen functional groups attached to an aromatic ring is 1. The van der Waals surface area contributed by atoms with Crippen molar-refractivity contribution in [3.8, 4) is 28.5 Å². The van der Waals surface area contributed by atoms with E-state index < -0.39 is 11.6 Å².